The molecule has 0 spiro atoms. The van der Waals surface area contributed by atoms with Crippen molar-refractivity contribution in [3.63, 3.8) is 0 Å². The largest absolute Gasteiger partial charge is 0.497 e. The fourth-order valence-corrected chi connectivity index (χ4v) is 5.51. The number of anilines is 1. The average Bonchev–Trinajstić information content (AvgIpc) is 3.18. The topological polar surface area (TPSA) is 74.4 Å². The van der Waals surface area contributed by atoms with E-state index in [-0.39, 0.29) is 5.78 Å². The Bertz CT molecular complexity index is 1310. The van der Waals surface area contributed by atoms with Gasteiger partial charge in [-0.05, 0) is 78.8 Å². The summed E-state index contributed by atoms with van der Waals surface area (Å²) >= 11 is 1.38. The van der Waals surface area contributed by atoms with Crippen molar-refractivity contribution in [2.75, 3.05) is 20.0 Å². The van der Waals surface area contributed by atoms with Crippen LogP contribution in [-0.4, -0.2) is 25.0 Å². The second-order valence-corrected chi connectivity index (χ2v) is 8.93. The van der Waals surface area contributed by atoms with E-state index in [1.807, 2.05) is 12.1 Å². The number of ketones is 1. The number of carbonyl (C=O) groups excluding carboxylic acids is 1. The molecule has 6 heteroatoms. The van der Waals surface area contributed by atoms with Gasteiger partial charge in [0, 0.05) is 16.6 Å². The van der Waals surface area contributed by atoms with Gasteiger partial charge in [0.05, 0.1) is 19.9 Å². The molecule has 0 saturated heterocycles. The maximum absolute atomic E-state index is 13.3. The van der Waals surface area contributed by atoms with Crippen LogP contribution < -0.4 is 15.2 Å². The number of thiophene rings is 1. The molecule has 2 heterocycles. The van der Waals surface area contributed by atoms with E-state index in [1.54, 1.807) is 38.5 Å². The Labute approximate surface area is 190 Å². The number of ether oxygens (including phenoxy) is 2. The van der Waals surface area contributed by atoms with Crippen LogP contribution in [0, 0.1) is 0 Å². The Morgan fingerprint density at radius 3 is 2.22 bits per heavy atom. The van der Waals surface area contributed by atoms with Crippen molar-refractivity contribution in [1.82, 2.24) is 4.98 Å². The molecule has 0 radical (unpaired) electrons. The summed E-state index contributed by atoms with van der Waals surface area (Å²) < 4.78 is 10.6. The third-order valence-corrected chi connectivity index (χ3v) is 7.19. The SMILES string of the molecule is COc1ccc(C(=O)c2sc3nc4c(c(-c5ccc(OC)cc5)c3c2N)CCCC4)cc1. The Kier molecular flexibility index (Phi) is 5.31. The van der Waals surface area contributed by atoms with Gasteiger partial charge in [-0.2, -0.15) is 0 Å². The molecule has 162 valence electrons. The van der Waals surface area contributed by atoms with Gasteiger partial charge in [0.25, 0.3) is 0 Å². The van der Waals surface area contributed by atoms with Crippen LogP contribution in [0.25, 0.3) is 21.3 Å². The van der Waals surface area contributed by atoms with Gasteiger partial charge in [-0.3, -0.25) is 4.79 Å². The van der Waals surface area contributed by atoms with Crippen LogP contribution in [-0.2, 0) is 12.8 Å². The highest BCUT2D eigenvalue weighted by atomic mass is 32.1. The predicted molar refractivity (Wildman–Crippen MR) is 129 cm³/mol. The number of nitrogens with two attached hydrogens (primary N) is 1. The van der Waals surface area contributed by atoms with E-state index in [4.69, 9.17) is 20.2 Å². The number of rotatable bonds is 5. The molecule has 0 aliphatic heterocycles. The lowest BCUT2D eigenvalue weighted by Crippen LogP contribution is -2.08. The summed E-state index contributed by atoms with van der Waals surface area (Å²) in [4.78, 5) is 19.7. The average molecular weight is 445 g/mol. The van der Waals surface area contributed by atoms with E-state index >= 15 is 0 Å². The van der Waals surface area contributed by atoms with Gasteiger partial charge in [-0.15, -0.1) is 11.3 Å². The number of nitrogens with zero attached hydrogens (tertiary/aromatic N) is 1. The van der Waals surface area contributed by atoms with Crippen LogP contribution in [0.15, 0.2) is 48.5 Å². The first-order chi connectivity index (χ1) is 15.6. The first-order valence-electron chi connectivity index (χ1n) is 10.7. The molecule has 0 bridgehead atoms. The molecule has 0 amide bonds. The van der Waals surface area contributed by atoms with Crippen molar-refractivity contribution in [1.29, 1.82) is 0 Å². The minimum absolute atomic E-state index is 0.0909. The van der Waals surface area contributed by atoms with Gasteiger partial charge in [0.2, 0.25) is 5.78 Å². The summed E-state index contributed by atoms with van der Waals surface area (Å²) in [5.74, 6) is 1.43. The van der Waals surface area contributed by atoms with Crippen LogP contribution in [0.4, 0.5) is 5.69 Å². The first kappa shape index (κ1) is 20.5. The standard InChI is InChI=1S/C26H24N2O3S/c1-30-17-11-7-15(8-12-17)21-19-5-3-4-6-20(19)28-26-22(21)23(27)25(32-26)24(29)16-9-13-18(31-2)14-10-16/h7-14H,3-6,27H2,1-2H3. The van der Waals surface area contributed by atoms with Crippen molar-refractivity contribution in [2.24, 2.45) is 0 Å². The Morgan fingerprint density at radius 1 is 0.938 bits per heavy atom. The third kappa shape index (κ3) is 3.41. The second-order valence-electron chi connectivity index (χ2n) is 7.93. The fourth-order valence-electron chi connectivity index (χ4n) is 4.43. The van der Waals surface area contributed by atoms with Crippen molar-refractivity contribution in [3.8, 4) is 22.6 Å². The molecule has 2 aromatic heterocycles. The number of aryl methyl sites for hydroxylation is 1. The number of benzene rings is 2. The van der Waals surface area contributed by atoms with Crippen LogP contribution in [0.5, 0.6) is 11.5 Å². The van der Waals surface area contributed by atoms with Gasteiger partial charge in [0.15, 0.2) is 0 Å². The molecule has 0 saturated carbocycles. The lowest BCUT2D eigenvalue weighted by Gasteiger charge is -2.20. The van der Waals surface area contributed by atoms with Crippen molar-refractivity contribution >= 4 is 33.0 Å². The van der Waals surface area contributed by atoms with E-state index in [0.29, 0.717) is 21.9 Å². The third-order valence-electron chi connectivity index (χ3n) is 6.09. The number of methoxy groups -OCH3 is 2. The zero-order valence-corrected chi connectivity index (χ0v) is 18.9. The Morgan fingerprint density at radius 2 is 1.56 bits per heavy atom. The molecular formula is C26H24N2O3S. The quantitative estimate of drug-likeness (QED) is 0.401. The molecule has 0 fully saturated rings. The van der Waals surface area contributed by atoms with Crippen LogP contribution in [0.2, 0.25) is 0 Å². The van der Waals surface area contributed by atoms with Gasteiger partial charge < -0.3 is 15.2 Å². The fraction of sp³-hybridized carbons (Fsp3) is 0.231. The number of fused-ring (bicyclic) bond motifs is 2. The molecule has 5 rings (SSSR count). The minimum Gasteiger partial charge on any atom is -0.497 e. The van der Waals surface area contributed by atoms with Gasteiger partial charge >= 0.3 is 0 Å². The van der Waals surface area contributed by atoms with Crippen molar-refractivity contribution < 1.29 is 14.3 Å². The van der Waals surface area contributed by atoms with Crippen molar-refractivity contribution in [3.05, 3.63) is 70.2 Å². The van der Waals surface area contributed by atoms with Gasteiger partial charge in [-0.25, -0.2) is 4.98 Å². The Hall–Kier alpha value is -3.38. The zero-order chi connectivity index (χ0) is 22.2. The maximum Gasteiger partial charge on any atom is 0.205 e. The molecule has 5 nitrogen and oxygen atoms in total. The van der Waals surface area contributed by atoms with Crippen molar-refractivity contribution in [2.45, 2.75) is 25.7 Å². The zero-order valence-electron chi connectivity index (χ0n) is 18.1. The summed E-state index contributed by atoms with van der Waals surface area (Å²) in [5, 5.41) is 0.887. The molecule has 4 aromatic rings. The van der Waals surface area contributed by atoms with Crippen LogP contribution in [0.1, 0.15) is 39.3 Å². The number of pyridine rings is 1. The molecule has 0 unspecified atom stereocenters. The highest BCUT2D eigenvalue weighted by Gasteiger charge is 2.26. The Balaban J connectivity index is 1.71. The van der Waals surface area contributed by atoms with Crippen LogP contribution in [0.3, 0.4) is 0 Å². The molecular weight excluding hydrogens is 420 g/mol. The lowest BCUT2D eigenvalue weighted by molar-refractivity contribution is 0.104. The molecule has 32 heavy (non-hydrogen) atoms. The second kappa shape index (κ2) is 8.28. The van der Waals surface area contributed by atoms with E-state index < -0.39 is 0 Å². The monoisotopic (exact) mass is 444 g/mol. The molecule has 2 N–H and O–H groups in total. The summed E-state index contributed by atoms with van der Waals surface area (Å²) in [6, 6.07) is 15.2. The molecule has 2 aromatic carbocycles. The summed E-state index contributed by atoms with van der Waals surface area (Å²) in [6.07, 6.45) is 4.18. The highest BCUT2D eigenvalue weighted by molar-refractivity contribution is 7.21. The highest BCUT2D eigenvalue weighted by Crippen LogP contribution is 2.44. The van der Waals surface area contributed by atoms with E-state index in [1.165, 1.54) is 16.9 Å². The van der Waals surface area contributed by atoms with E-state index in [9.17, 15) is 4.79 Å². The summed E-state index contributed by atoms with van der Waals surface area (Å²) in [5.41, 5.74) is 12.3. The summed E-state index contributed by atoms with van der Waals surface area (Å²) in [7, 11) is 3.27. The molecule has 1 aliphatic rings. The van der Waals surface area contributed by atoms with Gasteiger partial charge in [0.1, 0.15) is 21.2 Å². The number of carbonyl (C=O) groups is 1. The number of nitrogen functional groups attached to an aromatic ring is 1. The predicted octanol–water partition coefficient (Wildman–Crippen LogP) is 5.67. The first-order valence-corrected chi connectivity index (χ1v) is 11.5. The number of aromatic nitrogens is 1. The molecule has 0 atom stereocenters. The molecule has 1 aliphatic carbocycles. The summed E-state index contributed by atoms with van der Waals surface area (Å²) in [6.45, 7) is 0. The normalized spacial score (nSPS) is 13.1. The van der Waals surface area contributed by atoms with E-state index in [0.717, 1.165) is 58.5 Å². The van der Waals surface area contributed by atoms with E-state index in [2.05, 4.69) is 12.1 Å². The number of hydrogen-bond acceptors (Lipinski definition) is 6. The maximum atomic E-state index is 13.3. The smallest absolute Gasteiger partial charge is 0.205 e. The van der Waals surface area contributed by atoms with Crippen LogP contribution >= 0.6 is 11.3 Å². The lowest BCUT2D eigenvalue weighted by atomic mass is 9.87. The number of hydrogen-bond donors (Lipinski definition) is 1. The van der Waals surface area contributed by atoms with Gasteiger partial charge in [-0.1, -0.05) is 12.1 Å². The minimum atomic E-state index is -0.0909.